The molecule has 0 spiro atoms. The van der Waals surface area contributed by atoms with Crippen molar-refractivity contribution in [3.63, 3.8) is 0 Å². The Kier molecular flexibility index (Phi) is 7.33. The van der Waals surface area contributed by atoms with Crippen molar-refractivity contribution in [2.75, 3.05) is 13.1 Å². The number of benzene rings is 1. The van der Waals surface area contributed by atoms with Crippen LogP contribution in [-0.2, 0) is 17.9 Å². The number of hydrogen-bond donors (Lipinski definition) is 1. The molecule has 0 radical (unpaired) electrons. The topological polar surface area (TPSA) is 63.1 Å². The SMILES string of the molecule is O=C(CCC1CCCN(Cc2cccn2-c2ncccn2)C1)NCc1ccccc1Cl. The van der Waals surface area contributed by atoms with Crippen LogP contribution in [-0.4, -0.2) is 38.4 Å². The van der Waals surface area contributed by atoms with Crippen molar-refractivity contribution in [1.29, 1.82) is 0 Å². The van der Waals surface area contributed by atoms with Crippen LogP contribution >= 0.6 is 11.6 Å². The highest BCUT2D eigenvalue weighted by Gasteiger charge is 2.22. The lowest BCUT2D eigenvalue weighted by Gasteiger charge is -2.32. The van der Waals surface area contributed by atoms with Crippen molar-refractivity contribution in [3.8, 4) is 5.95 Å². The number of nitrogens with one attached hydrogen (secondary N) is 1. The van der Waals surface area contributed by atoms with Gasteiger partial charge in [0.05, 0.1) is 0 Å². The minimum absolute atomic E-state index is 0.0899. The van der Waals surface area contributed by atoms with Gasteiger partial charge >= 0.3 is 0 Å². The molecule has 0 aliphatic carbocycles. The van der Waals surface area contributed by atoms with Gasteiger partial charge in [-0.25, -0.2) is 9.97 Å². The molecule has 1 saturated heterocycles. The fourth-order valence-electron chi connectivity index (χ4n) is 4.17. The highest BCUT2D eigenvalue weighted by Crippen LogP contribution is 2.23. The summed E-state index contributed by atoms with van der Waals surface area (Å²) in [7, 11) is 0. The van der Waals surface area contributed by atoms with E-state index >= 15 is 0 Å². The van der Waals surface area contributed by atoms with Gasteiger partial charge in [-0.3, -0.25) is 14.3 Å². The summed E-state index contributed by atoms with van der Waals surface area (Å²) in [5.74, 6) is 1.33. The summed E-state index contributed by atoms with van der Waals surface area (Å²) >= 11 is 6.16. The third kappa shape index (κ3) is 5.93. The smallest absolute Gasteiger partial charge is 0.233 e. The normalized spacial score (nSPS) is 16.9. The van der Waals surface area contributed by atoms with Crippen LogP contribution in [0.3, 0.4) is 0 Å². The second-order valence-corrected chi connectivity index (χ2v) is 8.48. The maximum Gasteiger partial charge on any atom is 0.233 e. The molecule has 31 heavy (non-hydrogen) atoms. The molecule has 3 aromatic rings. The number of piperidine rings is 1. The minimum atomic E-state index is 0.0899. The zero-order valence-corrected chi connectivity index (χ0v) is 18.3. The predicted molar refractivity (Wildman–Crippen MR) is 122 cm³/mol. The van der Waals surface area contributed by atoms with E-state index in [0.717, 1.165) is 38.0 Å². The summed E-state index contributed by atoms with van der Waals surface area (Å²) in [4.78, 5) is 23.5. The molecule has 7 heteroatoms. The van der Waals surface area contributed by atoms with Gasteiger partial charge in [0.2, 0.25) is 11.9 Å². The van der Waals surface area contributed by atoms with Crippen molar-refractivity contribution in [2.24, 2.45) is 5.92 Å². The first kappa shape index (κ1) is 21.5. The van der Waals surface area contributed by atoms with Crippen LogP contribution in [0.4, 0.5) is 0 Å². The Balaban J connectivity index is 1.25. The Morgan fingerprint density at radius 1 is 1.13 bits per heavy atom. The molecule has 4 rings (SSSR count). The van der Waals surface area contributed by atoms with Gasteiger partial charge in [-0.15, -0.1) is 0 Å². The van der Waals surface area contributed by atoms with Crippen LogP contribution in [0.2, 0.25) is 5.02 Å². The van der Waals surface area contributed by atoms with Gasteiger partial charge in [0.1, 0.15) is 0 Å². The quantitative estimate of drug-likeness (QED) is 0.572. The molecule has 1 aliphatic heterocycles. The molecule has 1 fully saturated rings. The number of aromatic nitrogens is 3. The van der Waals surface area contributed by atoms with Gasteiger partial charge in [0.15, 0.2) is 0 Å². The highest BCUT2D eigenvalue weighted by molar-refractivity contribution is 6.31. The summed E-state index contributed by atoms with van der Waals surface area (Å²) < 4.78 is 2.05. The molecular formula is C24H28ClN5O. The van der Waals surface area contributed by atoms with Crippen LogP contribution < -0.4 is 5.32 Å². The Morgan fingerprint density at radius 3 is 2.81 bits per heavy atom. The number of likely N-dealkylation sites (tertiary alicyclic amines) is 1. The first-order valence-electron chi connectivity index (χ1n) is 10.8. The summed E-state index contributed by atoms with van der Waals surface area (Å²) in [6.45, 7) is 3.43. The van der Waals surface area contributed by atoms with Crippen LogP contribution in [0.1, 0.15) is 36.9 Å². The maximum absolute atomic E-state index is 12.3. The van der Waals surface area contributed by atoms with E-state index in [1.54, 1.807) is 12.4 Å². The molecule has 162 valence electrons. The zero-order valence-electron chi connectivity index (χ0n) is 17.6. The van der Waals surface area contributed by atoms with Crippen LogP contribution in [0.5, 0.6) is 0 Å². The lowest BCUT2D eigenvalue weighted by Crippen LogP contribution is -2.36. The number of rotatable bonds is 8. The van der Waals surface area contributed by atoms with Crippen molar-refractivity contribution in [3.05, 3.63) is 77.3 Å². The summed E-state index contributed by atoms with van der Waals surface area (Å²) in [5, 5.41) is 3.69. The van der Waals surface area contributed by atoms with E-state index in [9.17, 15) is 4.79 Å². The lowest BCUT2D eigenvalue weighted by molar-refractivity contribution is -0.121. The van der Waals surface area contributed by atoms with Gasteiger partial charge < -0.3 is 5.32 Å². The molecular weight excluding hydrogens is 410 g/mol. The molecule has 1 unspecified atom stereocenters. The zero-order chi connectivity index (χ0) is 21.5. The van der Waals surface area contributed by atoms with E-state index in [-0.39, 0.29) is 5.91 Å². The number of carbonyl (C=O) groups is 1. The molecule has 2 aromatic heterocycles. The minimum Gasteiger partial charge on any atom is -0.352 e. The van der Waals surface area contributed by atoms with Crippen LogP contribution in [0.25, 0.3) is 5.95 Å². The van der Waals surface area contributed by atoms with E-state index < -0.39 is 0 Å². The van der Waals surface area contributed by atoms with E-state index in [1.807, 2.05) is 47.2 Å². The maximum atomic E-state index is 12.3. The third-order valence-corrected chi connectivity index (χ3v) is 6.17. The number of hydrogen-bond acceptors (Lipinski definition) is 4. The second-order valence-electron chi connectivity index (χ2n) is 8.07. The summed E-state index contributed by atoms with van der Waals surface area (Å²) in [6.07, 6.45) is 9.34. The molecule has 0 saturated carbocycles. The Morgan fingerprint density at radius 2 is 1.97 bits per heavy atom. The molecule has 1 atom stereocenters. The summed E-state index contributed by atoms with van der Waals surface area (Å²) in [5.41, 5.74) is 2.14. The molecule has 1 aliphatic rings. The van der Waals surface area contributed by atoms with Crippen LogP contribution in [0.15, 0.2) is 61.1 Å². The van der Waals surface area contributed by atoms with E-state index in [0.29, 0.717) is 29.9 Å². The van der Waals surface area contributed by atoms with Gasteiger partial charge in [-0.2, -0.15) is 0 Å². The molecule has 1 N–H and O–H groups in total. The van der Waals surface area contributed by atoms with Crippen molar-refractivity contribution >= 4 is 17.5 Å². The van der Waals surface area contributed by atoms with E-state index in [1.165, 1.54) is 12.1 Å². The first-order chi connectivity index (χ1) is 15.2. The van der Waals surface area contributed by atoms with Gasteiger partial charge in [0.25, 0.3) is 0 Å². The number of amides is 1. The predicted octanol–water partition coefficient (Wildman–Crippen LogP) is 4.23. The monoisotopic (exact) mass is 437 g/mol. The molecule has 0 bridgehead atoms. The molecule has 1 amide bonds. The van der Waals surface area contributed by atoms with Gasteiger partial charge in [0, 0.05) is 55.4 Å². The van der Waals surface area contributed by atoms with Crippen molar-refractivity contribution < 1.29 is 4.79 Å². The number of halogens is 1. The average molecular weight is 438 g/mol. The second kappa shape index (κ2) is 10.6. The summed E-state index contributed by atoms with van der Waals surface area (Å²) in [6, 6.07) is 13.6. The molecule has 3 heterocycles. The fourth-order valence-corrected chi connectivity index (χ4v) is 4.38. The first-order valence-corrected chi connectivity index (χ1v) is 11.2. The fraction of sp³-hybridized carbons (Fsp3) is 0.375. The van der Waals surface area contributed by atoms with Crippen molar-refractivity contribution in [2.45, 2.75) is 38.8 Å². The largest absolute Gasteiger partial charge is 0.352 e. The Labute approximate surface area is 188 Å². The molecule has 6 nitrogen and oxygen atoms in total. The van der Waals surface area contributed by atoms with Gasteiger partial charge in [-0.05, 0) is 61.6 Å². The van der Waals surface area contributed by atoms with Gasteiger partial charge in [-0.1, -0.05) is 29.8 Å². The standard InChI is InChI=1S/C24H28ClN5O/c25-22-9-2-1-7-20(22)16-28-23(31)11-10-19-6-3-14-29(17-19)18-21-8-4-15-30(21)24-26-12-5-13-27-24/h1-2,4-5,7-9,12-13,15,19H,3,6,10-11,14,16-18H2,(H,28,31). The van der Waals surface area contributed by atoms with Crippen molar-refractivity contribution in [1.82, 2.24) is 24.8 Å². The third-order valence-electron chi connectivity index (χ3n) is 5.80. The van der Waals surface area contributed by atoms with Crippen LogP contribution in [0, 0.1) is 5.92 Å². The van der Waals surface area contributed by atoms with E-state index in [2.05, 4.69) is 26.3 Å². The highest BCUT2D eigenvalue weighted by atomic mass is 35.5. The Bertz CT molecular complexity index is 990. The number of nitrogens with zero attached hydrogens (tertiary/aromatic N) is 4. The lowest BCUT2D eigenvalue weighted by atomic mass is 9.93. The van der Waals surface area contributed by atoms with E-state index in [4.69, 9.17) is 11.6 Å². The molecule has 1 aromatic carbocycles. The Hall–Kier alpha value is -2.70. The average Bonchev–Trinajstić information content (AvgIpc) is 3.26. The number of carbonyl (C=O) groups excluding carboxylic acids is 1.